The van der Waals surface area contributed by atoms with Gasteiger partial charge in [-0.25, -0.2) is 4.98 Å². The highest BCUT2D eigenvalue weighted by Gasteiger charge is 2.08. The van der Waals surface area contributed by atoms with E-state index in [2.05, 4.69) is 41.4 Å². The van der Waals surface area contributed by atoms with Gasteiger partial charge in [-0.3, -0.25) is 4.99 Å². The molecule has 5 nitrogen and oxygen atoms in total. The molecule has 0 bridgehead atoms. The zero-order chi connectivity index (χ0) is 15.8. The lowest BCUT2D eigenvalue weighted by molar-refractivity contribution is 0.460. The van der Waals surface area contributed by atoms with Gasteiger partial charge in [-0.15, -0.1) is 24.0 Å². The van der Waals surface area contributed by atoms with Crippen LogP contribution in [0, 0.1) is 19.8 Å². The van der Waals surface area contributed by atoms with Gasteiger partial charge < -0.3 is 15.1 Å². The zero-order valence-electron chi connectivity index (χ0n) is 14.7. The van der Waals surface area contributed by atoms with Gasteiger partial charge in [0.1, 0.15) is 5.76 Å². The van der Waals surface area contributed by atoms with Gasteiger partial charge >= 0.3 is 0 Å². The highest BCUT2D eigenvalue weighted by molar-refractivity contribution is 14.0. The molecule has 0 spiro atoms. The molecule has 1 atom stereocenters. The minimum Gasteiger partial charge on any atom is -0.444 e. The minimum atomic E-state index is 0. The van der Waals surface area contributed by atoms with Crippen molar-refractivity contribution in [3.63, 3.8) is 0 Å². The third-order valence-electron chi connectivity index (χ3n) is 3.51. The van der Waals surface area contributed by atoms with Crippen LogP contribution in [0.1, 0.15) is 57.4 Å². The molecule has 22 heavy (non-hydrogen) atoms. The maximum absolute atomic E-state index is 5.55. The third-order valence-corrected chi connectivity index (χ3v) is 3.51. The SMILES string of the molecule is CN=C(NCc1nc(C)c(C)o1)NC(C)CCCC(C)C.I. The number of aromatic nitrogens is 1. The van der Waals surface area contributed by atoms with Crippen LogP contribution >= 0.6 is 24.0 Å². The molecule has 1 unspecified atom stereocenters. The van der Waals surface area contributed by atoms with Gasteiger partial charge in [0.25, 0.3) is 0 Å². The van der Waals surface area contributed by atoms with Crippen molar-refractivity contribution in [1.29, 1.82) is 0 Å². The molecule has 0 fully saturated rings. The Bertz CT molecular complexity index is 437. The molecule has 1 rings (SSSR count). The maximum Gasteiger partial charge on any atom is 0.214 e. The van der Waals surface area contributed by atoms with Crippen molar-refractivity contribution >= 4 is 29.9 Å². The Morgan fingerprint density at radius 3 is 2.41 bits per heavy atom. The second-order valence-corrected chi connectivity index (χ2v) is 6.05. The summed E-state index contributed by atoms with van der Waals surface area (Å²) in [6.45, 7) is 11.1. The topological polar surface area (TPSA) is 62.5 Å². The maximum atomic E-state index is 5.55. The highest BCUT2D eigenvalue weighted by atomic mass is 127. The second-order valence-electron chi connectivity index (χ2n) is 6.05. The fourth-order valence-corrected chi connectivity index (χ4v) is 2.11. The average Bonchev–Trinajstić information content (AvgIpc) is 2.73. The smallest absolute Gasteiger partial charge is 0.214 e. The average molecular weight is 422 g/mol. The summed E-state index contributed by atoms with van der Waals surface area (Å²) in [4.78, 5) is 8.59. The predicted molar refractivity (Wildman–Crippen MR) is 103 cm³/mol. The Kier molecular flexibility index (Phi) is 10.5. The first-order valence-corrected chi connectivity index (χ1v) is 7.82. The molecule has 128 valence electrons. The number of halogens is 1. The van der Waals surface area contributed by atoms with E-state index in [9.17, 15) is 0 Å². The Morgan fingerprint density at radius 1 is 1.23 bits per heavy atom. The van der Waals surface area contributed by atoms with Crippen LogP contribution in [0.3, 0.4) is 0 Å². The molecule has 0 aliphatic rings. The number of oxazole rings is 1. The molecular weight excluding hydrogens is 391 g/mol. The minimum absolute atomic E-state index is 0. The van der Waals surface area contributed by atoms with Crippen molar-refractivity contribution in [3.05, 3.63) is 17.3 Å². The lowest BCUT2D eigenvalue weighted by Crippen LogP contribution is -2.41. The molecule has 0 saturated heterocycles. The van der Waals surface area contributed by atoms with E-state index in [-0.39, 0.29) is 24.0 Å². The van der Waals surface area contributed by atoms with Crippen LogP contribution in [0.15, 0.2) is 9.41 Å². The van der Waals surface area contributed by atoms with Crippen molar-refractivity contribution in [2.75, 3.05) is 7.05 Å². The first-order chi connectivity index (χ1) is 9.92. The molecule has 0 aliphatic carbocycles. The number of guanidine groups is 1. The molecule has 2 N–H and O–H groups in total. The van der Waals surface area contributed by atoms with Crippen LogP contribution in [-0.2, 0) is 6.54 Å². The Labute approximate surface area is 151 Å². The highest BCUT2D eigenvalue weighted by Crippen LogP contribution is 2.09. The lowest BCUT2D eigenvalue weighted by atomic mass is 10.0. The lowest BCUT2D eigenvalue weighted by Gasteiger charge is -2.17. The largest absolute Gasteiger partial charge is 0.444 e. The first-order valence-electron chi connectivity index (χ1n) is 7.82. The molecule has 0 radical (unpaired) electrons. The number of rotatable bonds is 7. The van der Waals surface area contributed by atoms with E-state index in [0.717, 1.165) is 29.8 Å². The monoisotopic (exact) mass is 422 g/mol. The molecule has 6 heteroatoms. The zero-order valence-corrected chi connectivity index (χ0v) is 17.0. The Hall–Kier alpha value is -0.790. The van der Waals surface area contributed by atoms with Crippen molar-refractivity contribution < 1.29 is 4.42 Å². The number of aryl methyl sites for hydroxylation is 2. The van der Waals surface area contributed by atoms with Crippen molar-refractivity contribution in [2.45, 2.75) is 66.5 Å². The summed E-state index contributed by atoms with van der Waals surface area (Å²) in [5, 5.41) is 6.64. The van der Waals surface area contributed by atoms with Crippen LogP contribution in [0.4, 0.5) is 0 Å². The van der Waals surface area contributed by atoms with E-state index in [1.807, 2.05) is 13.8 Å². The number of hydrogen-bond acceptors (Lipinski definition) is 3. The first kappa shape index (κ1) is 21.2. The summed E-state index contributed by atoms with van der Waals surface area (Å²) < 4.78 is 5.55. The van der Waals surface area contributed by atoms with Crippen LogP contribution < -0.4 is 10.6 Å². The quantitative estimate of drug-likeness (QED) is 0.399. The molecule has 0 aliphatic heterocycles. The van der Waals surface area contributed by atoms with Gasteiger partial charge in [0, 0.05) is 13.1 Å². The fourth-order valence-electron chi connectivity index (χ4n) is 2.11. The van der Waals surface area contributed by atoms with Crippen LogP contribution in [0.25, 0.3) is 0 Å². The number of nitrogens with zero attached hydrogens (tertiary/aromatic N) is 2. The molecule has 1 aromatic heterocycles. The van der Waals surface area contributed by atoms with E-state index in [0.29, 0.717) is 18.5 Å². The molecule has 1 aromatic rings. The van der Waals surface area contributed by atoms with Gasteiger partial charge in [0.15, 0.2) is 5.96 Å². The van der Waals surface area contributed by atoms with Gasteiger partial charge in [0.05, 0.1) is 12.2 Å². The molecule has 0 saturated carbocycles. The molecule has 0 aromatic carbocycles. The van der Waals surface area contributed by atoms with E-state index >= 15 is 0 Å². The summed E-state index contributed by atoms with van der Waals surface area (Å²) in [7, 11) is 1.78. The van der Waals surface area contributed by atoms with Crippen LogP contribution in [-0.4, -0.2) is 24.0 Å². The molecular formula is C16H31IN4O. The summed E-state index contributed by atoms with van der Waals surface area (Å²) >= 11 is 0. The van der Waals surface area contributed by atoms with Crippen molar-refractivity contribution in [2.24, 2.45) is 10.9 Å². The summed E-state index contributed by atoms with van der Waals surface area (Å²) in [6.07, 6.45) is 3.66. The number of aliphatic imine (C=N–C) groups is 1. The number of hydrogen-bond donors (Lipinski definition) is 2. The normalized spacial score (nSPS) is 13.0. The van der Waals surface area contributed by atoms with Gasteiger partial charge in [-0.05, 0) is 33.1 Å². The molecule has 0 amide bonds. The van der Waals surface area contributed by atoms with Gasteiger partial charge in [-0.2, -0.15) is 0 Å². The van der Waals surface area contributed by atoms with E-state index in [1.165, 1.54) is 12.8 Å². The van der Waals surface area contributed by atoms with E-state index < -0.39 is 0 Å². The molecule has 1 heterocycles. The summed E-state index contributed by atoms with van der Waals surface area (Å²) in [6, 6.07) is 0.406. The number of nitrogens with one attached hydrogen (secondary N) is 2. The van der Waals surface area contributed by atoms with Crippen LogP contribution in [0.5, 0.6) is 0 Å². The fraction of sp³-hybridized carbons (Fsp3) is 0.750. The third kappa shape index (κ3) is 8.00. The van der Waals surface area contributed by atoms with Gasteiger partial charge in [0.2, 0.25) is 5.89 Å². The standard InChI is InChI=1S/C16H30N4O.HI/c1-11(2)8-7-9-12(3)19-16(17-6)18-10-15-20-13(4)14(5)21-15;/h11-12H,7-10H2,1-6H3,(H2,17,18,19);1H. The second kappa shape index (κ2) is 10.9. The van der Waals surface area contributed by atoms with E-state index in [4.69, 9.17) is 4.42 Å². The van der Waals surface area contributed by atoms with Crippen LogP contribution in [0.2, 0.25) is 0 Å². The van der Waals surface area contributed by atoms with E-state index in [1.54, 1.807) is 7.05 Å². The summed E-state index contributed by atoms with van der Waals surface area (Å²) in [5.41, 5.74) is 0.941. The predicted octanol–water partition coefficient (Wildman–Crippen LogP) is 3.79. The van der Waals surface area contributed by atoms with Crippen molar-refractivity contribution in [1.82, 2.24) is 15.6 Å². The van der Waals surface area contributed by atoms with Crippen molar-refractivity contribution in [3.8, 4) is 0 Å². The van der Waals surface area contributed by atoms with Gasteiger partial charge in [-0.1, -0.05) is 26.7 Å². The summed E-state index contributed by atoms with van der Waals surface area (Å²) in [5.74, 6) is 3.13. The Morgan fingerprint density at radius 2 is 1.91 bits per heavy atom. The Balaban J connectivity index is 0.00000441.